The Balaban J connectivity index is 2.31. The van der Waals surface area contributed by atoms with Crippen LogP contribution in [-0.4, -0.2) is 39.7 Å². The van der Waals surface area contributed by atoms with Gasteiger partial charge < -0.3 is 15.7 Å². The smallest absolute Gasteiger partial charge is 0.326 e. The minimum Gasteiger partial charge on any atom is -0.480 e. The van der Waals surface area contributed by atoms with Crippen LogP contribution in [0, 0.1) is 0 Å². The van der Waals surface area contributed by atoms with E-state index in [0.717, 1.165) is 11.1 Å². The van der Waals surface area contributed by atoms with E-state index >= 15 is 0 Å². The highest BCUT2D eigenvalue weighted by molar-refractivity contribution is 7.80. The zero-order valence-corrected chi connectivity index (χ0v) is 11.2. The van der Waals surface area contributed by atoms with Gasteiger partial charge in [-0.2, -0.15) is 12.6 Å². The molecule has 0 radical (unpaired) electrons. The van der Waals surface area contributed by atoms with Gasteiger partial charge in [0.25, 0.3) is 0 Å². The normalized spacial score (nSPS) is 19.7. The molecule has 2 rings (SSSR count). The highest BCUT2D eigenvalue weighted by Gasteiger charge is 2.35. The Hall–Kier alpha value is -1.53. The van der Waals surface area contributed by atoms with Crippen LogP contribution in [0.2, 0.25) is 0 Å². The number of nitrogens with two attached hydrogens (primary N) is 1. The molecule has 1 aromatic carbocycles. The largest absolute Gasteiger partial charge is 0.480 e. The van der Waals surface area contributed by atoms with Crippen molar-refractivity contribution in [3.8, 4) is 0 Å². The molecule has 0 saturated carbocycles. The van der Waals surface area contributed by atoms with Crippen molar-refractivity contribution in [3.63, 3.8) is 0 Å². The maximum absolute atomic E-state index is 12.1. The summed E-state index contributed by atoms with van der Waals surface area (Å²) in [6.45, 7) is 0.285. The van der Waals surface area contributed by atoms with Crippen LogP contribution in [0.1, 0.15) is 11.1 Å². The molecule has 0 aliphatic carbocycles. The van der Waals surface area contributed by atoms with E-state index in [4.69, 9.17) is 5.73 Å². The number of carboxylic acid groups (broad SMARTS) is 1. The first-order chi connectivity index (χ1) is 9.04. The highest BCUT2D eigenvalue weighted by atomic mass is 32.1. The summed E-state index contributed by atoms with van der Waals surface area (Å²) in [5.41, 5.74) is 7.61. The van der Waals surface area contributed by atoms with E-state index in [1.807, 2.05) is 24.3 Å². The number of carbonyl (C=O) groups excluding carboxylic acids is 1. The number of amides is 1. The summed E-state index contributed by atoms with van der Waals surface area (Å²) in [4.78, 5) is 24.8. The molecule has 1 aromatic rings. The highest BCUT2D eigenvalue weighted by Crippen LogP contribution is 2.24. The molecule has 102 valence electrons. The molecule has 2 atom stereocenters. The van der Waals surface area contributed by atoms with Crippen LogP contribution in [0.3, 0.4) is 0 Å². The van der Waals surface area contributed by atoms with E-state index in [1.165, 1.54) is 4.90 Å². The monoisotopic (exact) mass is 280 g/mol. The SMILES string of the molecule is N[C@H](CS)C(=O)N1Cc2ccccc2CC1C(=O)O. The molecule has 0 aromatic heterocycles. The Morgan fingerprint density at radius 2 is 2.05 bits per heavy atom. The van der Waals surface area contributed by atoms with Gasteiger partial charge in [-0.3, -0.25) is 4.79 Å². The molecule has 0 fully saturated rings. The number of fused-ring (bicyclic) bond motifs is 1. The topological polar surface area (TPSA) is 83.6 Å². The van der Waals surface area contributed by atoms with E-state index in [1.54, 1.807) is 0 Å². The van der Waals surface area contributed by atoms with Gasteiger partial charge in [0.05, 0.1) is 6.04 Å². The van der Waals surface area contributed by atoms with Gasteiger partial charge in [-0.1, -0.05) is 24.3 Å². The van der Waals surface area contributed by atoms with Gasteiger partial charge in [0.1, 0.15) is 6.04 Å². The zero-order valence-electron chi connectivity index (χ0n) is 10.3. The van der Waals surface area contributed by atoms with Gasteiger partial charge in [-0.05, 0) is 11.1 Å². The minimum absolute atomic E-state index is 0.198. The lowest BCUT2D eigenvalue weighted by molar-refractivity contribution is -0.151. The number of thiol groups is 1. The molecule has 19 heavy (non-hydrogen) atoms. The maximum atomic E-state index is 12.1. The first-order valence-corrected chi connectivity index (χ1v) is 6.64. The molecule has 0 bridgehead atoms. The first-order valence-electron chi connectivity index (χ1n) is 6.01. The van der Waals surface area contributed by atoms with Crippen LogP contribution in [0.25, 0.3) is 0 Å². The van der Waals surface area contributed by atoms with E-state index in [0.29, 0.717) is 6.42 Å². The van der Waals surface area contributed by atoms with Gasteiger partial charge >= 0.3 is 5.97 Å². The molecular formula is C13H16N2O3S. The lowest BCUT2D eigenvalue weighted by Gasteiger charge is -2.35. The fourth-order valence-electron chi connectivity index (χ4n) is 2.27. The number of hydrogen-bond acceptors (Lipinski definition) is 4. The standard InChI is InChI=1S/C13H16N2O3S/c14-10(7-19)12(16)15-6-9-4-2-1-3-8(9)5-11(15)13(17)18/h1-4,10-11,19H,5-7,14H2,(H,17,18)/t10-,11?/m1/s1. The van der Waals surface area contributed by atoms with Crippen LogP contribution in [0.5, 0.6) is 0 Å². The summed E-state index contributed by atoms with van der Waals surface area (Å²) < 4.78 is 0. The average Bonchev–Trinajstić information content (AvgIpc) is 2.44. The second kappa shape index (κ2) is 5.63. The quantitative estimate of drug-likeness (QED) is 0.695. The molecule has 6 heteroatoms. The van der Waals surface area contributed by atoms with Crippen LogP contribution >= 0.6 is 12.6 Å². The van der Waals surface area contributed by atoms with Crippen molar-refractivity contribution in [2.24, 2.45) is 5.73 Å². The molecule has 1 aliphatic rings. The molecule has 1 unspecified atom stereocenters. The van der Waals surface area contributed by atoms with Gasteiger partial charge in [0, 0.05) is 18.7 Å². The second-order valence-corrected chi connectivity index (χ2v) is 4.95. The minimum atomic E-state index is -1.01. The second-order valence-electron chi connectivity index (χ2n) is 4.58. The van der Waals surface area contributed by atoms with E-state index < -0.39 is 18.1 Å². The zero-order chi connectivity index (χ0) is 14.0. The first kappa shape index (κ1) is 13.9. The number of rotatable bonds is 3. The summed E-state index contributed by atoms with van der Waals surface area (Å²) >= 11 is 3.99. The van der Waals surface area contributed by atoms with Crippen LogP contribution in [0.4, 0.5) is 0 Å². The third-order valence-corrected chi connectivity index (χ3v) is 3.72. The molecular weight excluding hydrogens is 264 g/mol. The summed E-state index contributed by atoms with van der Waals surface area (Å²) in [7, 11) is 0. The number of carboxylic acids is 1. The van der Waals surface area contributed by atoms with Crippen molar-refractivity contribution in [2.45, 2.75) is 25.0 Å². The number of aliphatic carboxylic acids is 1. The van der Waals surface area contributed by atoms with Crippen LogP contribution in [0.15, 0.2) is 24.3 Å². The summed E-state index contributed by atoms with van der Waals surface area (Å²) in [5, 5.41) is 9.28. The fourth-order valence-corrected chi connectivity index (χ4v) is 2.42. The molecule has 3 N–H and O–H groups in total. The molecule has 1 heterocycles. The molecule has 1 aliphatic heterocycles. The molecule has 1 amide bonds. The summed E-state index contributed by atoms with van der Waals surface area (Å²) in [5.74, 6) is -1.17. The Bertz CT molecular complexity index is 506. The van der Waals surface area contributed by atoms with Crippen molar-refractivity contribution in [1.82, 2.24) is 4.90 Å². The predicted octanol–water partition coefficient (Wildman–Crippen LogP) is 0.282. The van der Waals surface area contributed by atoms with Crippen LogP contribution in [-0.2, 0) is 22.6 Å². The molecule has 0 saturated heterocycles. The van der Waals surface area contributed by atoms with Crippen molar-refractivity contribution in [2.75, 3.05) is 5.75 Å². The maximum Gasteiger partial charge on any atom is 0.326 e. The fraction of sp³-hybridized carbons (Fsp3) is 0.385. The average molecular weight is 280 g/mol. The van der Waals surface area contributed by atoms with Crippen LogP contribution < -0.4 is 5.73 Å². The molecule has 5 nitrogen and oxygen atoms in total. The van der Waals surface area contributed by atoms with Crippen molar-refractivity contribution >= 4 is 24.5 Å². The Morgan fingerprint density at radius 1 is 1.42 bits per heavy atom. The Morgan fingerprint density at radius 3 is 2.63 bits per heavy atom. The molecule has 0 spiro atoms. The van der Waals surface area contributed by atoms with E-state index in [2.05, 4.69) is 12.6 Å². The van der Waals surface area contributed by atoms with Gasteiger partial charge in [-0.25, -0.2) is 4.79 Å². The lowest BCUT2D eigenvalue weighted by Crippen LogP contribution is -2.54. The third kappa shape index (κ3) is 2.74. The Kier molecular flexibility index (Phi) is 4.11. The van der Waals surface area contributed by atoms with Gasteiger partial charge in [0.15, 0.2) is 0 Å². The number of carbonyl (C=O) groups is 2. The van der Waals surface area contributed by atoms with Gasteiger partial charge in [0.2, 0.25) is 5.91 Å². The lowest BCUT2D eigenvalue weighted by atomic mass is 9.93. The van der Waals surface area contributed by atoms with Gasteiger partial charge in [-0.15, -0.1) is 0 Å². The van der Waals surface area contributed by atoms with Crippen molar-refractivity contribution in [1.29, 1.82) is 0 Å². The van der Waals surface area contributed by atoms with E-state index in [9.17, 15) is 14.7 Å². The number of benzene rings is 1. The van der Waals surface area contributed by atoms with Crippen molar-refractivity contribution < 1.29 is 14.7 Å². The predicted molar refractivity (Wildman–Crippen MR) is 73.9 cm³/mol. The van der Waals surface area contributed by atoms with Crippen molar-refractivity contribution in [3.05, 3.63) is 35.4 Å². The Labute approximate surface area is 116 Å². The number of hydrogen-bond donors (Lipinski definition) is 3. The third-order valence-electron chi connectivity index (χ3n) is 3.33. The van der Waals surface area contributed by atoms with E-state index in [-0.39, 0.29) is 18.2 Å². The number of nitrogens with zero attached hydrogens (tertiary/aromatic N) is 1. The summed E-state index contributed by atoms with van der Waals surface area (Å²) in [6, 6.07) is 5.92. The summed E-state index contributed by atoms with van der Waals surface area (Å²) in [6.07, 6.45) is 0.316.